The minimum atomic E-state index is 0.484. The van der Waals surface area contributed by atoms with Gasteiger partial charge in [0, 0.05) is 102 Å². The summed E-state index contributed by atoms with van der Waals surface area (Å²) in [6.45, 7) is 31.6. The number of pyridine rings is 2. The van der Waals surface area contributed by atoms with Crippen molar-refractivity contribution in [2.75, 3.05) is 0 Å². The van der Waals surface area contributed by atoms with E-state index in [1.807, 2.05) is 132 Å². The van der Waals surface area contributed by atoms with Gasteiger partial charge in [0.15, 0.2) is 5.65 Å². The molecule has 0 saturated heterocycles. The zero-order valence-corrected chi connectivity index (χ0v) is 51.5. The van der Waals surface area contributed by atoms with E-state index in [-0.39, 0.29) is 0 Å². The second-order valence-electron chi connectivity index (χ2n) is 23.1. The Balaban J connectivity index is 0.000000128. The molecule has 0 unspecified atom stereocenters. The van der Waals surface area contributed by atoms with Crippen molar-refractivity contribution in [3.05, 3.63) is 211 Å². The maximum absolute atomic E-state index is 4.39. The van der Waals surface area contributed by atoms with E-state index in [0.29, 0.717) is 41.4 Å². The van der Waals surface area contributed by atoms with Crippen molar-refractivity contribution in [2.45, 2.75) is 164 Å². The van der Waals surface area contributed by atoms with Gasteiger partial charge in [0.05, 0.1) is 65.4 Å². The molecule has 13 aromatic heterocycles. The van der Waals surface area contributed by atoms with Crippen molar-refractivity contribution in [3.63, 3.8) is 0 Å². The Labute approximate surface area is 493 Å². The van der Waals surface area contributed by atoms with Gasteiger partial charge in [-0.3, -0.25) is 9.67 Å². The van der Waals surface area contributed by atoms with Crippen LogP contribution in [0.1, 0.15) is 196 Å². The maximum Gasteiger partial charge on any atom is 0.158 e. The number of hydrogen-bond acceptors (Lipinski definition) is 11. The van der Waals surface area contributed by atoms with Gasteiger partial charge in [0.2, 0.25) is 0 Å². The molecule has 0 radical (unpaired) electrons. The minimum Gasteiger partial charge on any atom is -0.304 e. The largest absolute Gasteiger partial charge is 0.304 e. The quantitative estimate of drug-likeness (QED) is 0.149. The molecule has 0 saturated carbocycles. The Bertz CT molecular complexity index is 3480. The van der Waals surface area contributed by atoms with Gasteiger partial charge >= 0.3 is 0 Å². The molecule has 438 valence electrons. The van der Waals surface area contributed by atoms with Gasteiger partial charge in [-0.15, -0.1) is 0 Å². The summed E-state index contributed by atoms with van der Waals surface area (Å²) in [6.07, 6.45) is 35.8. The van der Waals surface area contributed by atoms with E-state index in [1.54, 1.807) is 44.8 Å². The number of aryl methyl sites for hydroxylation is 1. The van der Waals surface area contributed by atoms with Crippen LogP contribution < -0.4 is 0 Å². The van der Waals surface area contributed by atoms with Crippen LogP contribution in [0.25, 0.3) is 33.4 Å². The minimum absolute atomic E-state index is 0.484. The number of imidazole rings is 1. The molecule has 18 nitrogen and oxygen atoms in total. The summed E-state index contributed by atoms with van der Waals surface area (Å²) < 4.78 is 13.3. The summed E-state index contributed by atoms with van der Waals surface area (Å²) in [6, 6.07) is 20.0. The Hall–Kier alpha value is -8.93. The molecule has 0 fully saturated rings. The maximum atomic E-state index is 4.39. The van der Waals surface area contributed by atoms with Crippen LogP contribution in [0.3, 0.4) is 0 Å². The van der Waals surface area contributed by atoms with Crippen LogP contribution in [-0.4, -0.2) is 87.4 Å². The molecule has 18 heteroatoms. The lowest BCUT2D eigenvalue weighted by Crippen LogP contribution is -2.12. The Morgan fingerprint density at radius 3 is 1.64 bits per heavy atom. The molecule has 14 heterocycles. The lowest BCUT2D eigenvalue weighted by atomic mass is 9.99. The Morgan fingerprint density at radius 1 is 0.369 bits per heavy atom. The van der Waals surface area contributed by atoms with E-state index >= 15 is 0 Å². The first-order chi connectivity index (χ1) is 40.5. The zero-order valence-electron chi connectivity index (χ0n) is 51.5. The number of fused-ring (bicyclic) bond motifs is 7. The fraction of sp³-hybridized carbons (Fsp3) is 0.379. The van der Waals surface area contributed by atoms with Crippen molar-refractivity contribution in [1.82, 2.24) is 87.4 Å². The fourth-order valence-corrected chi connectivity index (χ4v) is 9.86. The van der Waals surface area contributed by atoms with Gasteiger partial charge in [-0.1, -0.05) is 109 Å². The predicted molar refractivity (Wildman–Crippen MR) is 336 cm³/mol. The SMILES string of the molecule is CC(C)c1cnc2ccccn12.CC(C)c1cnn2c1CCCC2.CC(C)c1cnn2ccccc12.CC(C)c1cnn2cccnc12.CC(C)c1cnn2ccncc12.CC(C)c1cnn2cnccc12.CC(C)c1cnn2ncccc12. The predicted octanol–water partition coefficient (Wildman–Crippen LogP) is 14.7. The first-order valence-electron chi connectivity index (χ1n) is 29.5. The third-order valence-electron chi connectivity index (χ3n) is 14.6. The van der Waals surface area contributed by atoms with Gasteiger partial charge in [0.25, 0.3) is 0 Å². The van der Waals surface area contributed by atoms with Gasteiger partial charge in [-0.05, 0) is 115 Å². The van der Waals surface area contributed by atoms with Gasteiger partial charge in [0.1, 0.15) is 12.0 Å². The molecule has 0 spiro atoms. The zero-order chi connectivity index (χ0) is 59.9. The Kier molecular flexibility index (Phi) is 21.0. The van der Waals surface area contributed by atoms with E-state index in [9.17, 15) is 0 Å². The summed E-state index contributed by atoms with van der Waals surface area (Å²) in [5, 5.41) is 29.5. The standard InChI is InChI=1S/C10H12N2.C10H16N2.C10H12N2.4C9H11N3/c1-8(2)9-7-11-10-5-3-4-6-12(9)10;2*1-8(2)9-7-11-12-6-4-3-5-10(9)12;1-7(2)8-5-11-12-4-3-10-6-9(8)12;1-7(2)8-5-11-12-6-10-4-3-9(8)12;1-7(2)8-6-11-12-5-3-4-10-9(8)12;1-7(2)8-6-11-12-9(8)4-3-5-10-12/h3-8H,1-2H3;7-8H,3-6H2,1-2H3;3-8H,1-2H3;4*3-7H,1-2H3. The second-order valence-corrected chi connectivity index (χ2v) is 23.1. The first kappa shape index (κ1) is 61.1. The van der Waals surface area contributed by atoms with Gasteiger partial charge < -0.3 is 4.40 Å². The van der Waals surface area contributed by atoms with Crippen molar-refractivity contribution in [3.8, 4) is 0 Å². The highest BCUT2D eigenvalue weighted by atomic mass is 15.4. The molecule has 14 rings (SSSR count). The molecule has 0 bridgehead atoms. The van der Waals surface area contributed by atoms with Crippen LogP contribution in [0.15, 0.2) is 166 Å². The molecule has 1 aliphatic rings. The van der Waals surface area contributed by atoms with Crippen molar-refractivity contribution >= 4 is 33.4 Å². The third kappa shape index (κ3) is 15.0. The summed E-state index contributed by atoms with van der Waals surface area (Å²) >= 11 is 0. The van der Waals surface area contributed by atoms with Gasteiger partial charge in [-0.25, -0.2) is 33.0 Å². The van der Waals surface area contributed by atoms with E-state index in [0.717, 1.165) is 34.4 Å². The highest BCUT2D eigenvalue weighted by molar-refractivity contribution is 5.56. The van der Waals surface area contributed by atoms with Crippen LogP contribution in [0, 0.1) is 0 Å². The molecule has 84 heavy (non-hydrogen) atoms. The average Bonchev–Trinajstić information content (AvgIpc) is 4.46. The topological polar surface area (TPSA) is 173 Å². The molecule has 0 amide bonds. The summed E-state index contributed by atoms with van der Waals surface area (Å²) in [7, 11) is 0. The monoisotopic (exact) mass is 1130 g/mol. The normalized spacial score (nSPS) is 12.0. The Morgan fingerprint density at radius 2 is 0.940 bits per heavy atom. The molecular formula is C66H84N18. The molecule has 1 aliphatic heterocycles. The second kappa shape index (κ2) is 28.9. The first-order valence-corrected chi connectivity index (χ1v) is 29.5. The van der Waals surface area contributed by atoms with Crippen LogP contribution in [0.5, 0.6) is 0 Å². The third-order valence-corrected chi connectivity index (χ3v) is 14.6. The van der Waals surface area contributed by atoms with E-state index in [1.165, 1.54) is 69.5 Å². The van der Waals surface area contributed by atoms with E-state index in [2.05, 4.69) is 174 Å². The highest BCUT2D eigenvalue weighted by Gasteiger charge is 2.16. The summed E-state index contributed by atoms with van der Waals surface area (Å²) in [4.78, 5) is 16.6. The van der Waals surface area contributed by atoms with E-state index in [4.69, 9.17) is 0 Å². The fourth-order valence-electron chi connectivity index (χ4n) is 9.86. The van der Waals surface area contributed by atoms with Crippen molar-refractivity contribution < 1.29 is 0 Å². The average molecular weight is 1130 g/mol. The number of aromatic nitrogens is 18. The molecule has 0 aromatic carbocycles. The molecule has 0 atom stereocenters. The van der Waals surface area contributed by atoms with Crippen molar-refractivity contribution in [1.29, 1.82) is 0 Å². The summed E-state index contributed by atoms with van der Waals surface area (Å²) in [5.74, 6) is 3.72. The van der Waals surface area contributed by atoms with Crippen LogP contribution >= 0.6 is 0 Å². The lowest BCUT2D eigenvalue weighted by Gasteiger charge is -2.15. The van der Waals surface area contributed by atoms with Gasteiger partial charge in [-0.2, -0.15) is 40.3 Å². The molecule has 13 aromatic rings. The number of nitrogens with zero attached hydrogens (tertiary/aromatic N) is 18. The number of hydrogen-bond donors (Lipinski definition) is 0. The van der Waals surface area contributed by atoms with Crippen LogP contribution in [0.4, 0.5) is 0 Å². The lowest BCUT2D eigenvalue weighted by molar-refractivity contribution is 0.483. The van der Waals surface area contributed by atoms with E-state index < -0.39 is 0 Å². The molecule has 0 aliphatic carbocycles. The molecular weight excluding hydrogens is 1040 g/mol. The molecule has 0 N–H and O–H groups in total. The van der Waals surface area contributed by atoms with Crippen LogP contribution in [0.2, 0.25) is 0 Å². The van der Waals surface area contributed by atoms with Crippen LogP contribution in [-0.2, 0) is 13.0 Å². The smallest absolute Gasteiger partial charge is 0.158 e. The number of rotatable bonds is 7. The summed E-state index contributed by atoms with van der Waals surface area (Å²) in [5.41, 5.74) is 17.1. The van der Waals surface area contributed by atoms with Crippen molar-refractivity contribution in [2.24, 2.45) is 0 Å². The highest BCUT2D eigenvalue weighted by Crippen LogP contribution is 2.25.